The molecule has 1 unspecified atom stereocenters. The molecule has 6 heteroatoms. The number of aryl methyl sites for hydroxylation is 1. The molecule has 5 rings (SSSR count). The maximum absolute atomic E-state index is 13.4. The van der Waals surface area contributed by atoms with Crippen molar-refractivity contribution in [2.75, 3.05) is 18.0 Å². The number of carboxylic acid groups (broad SMARTS) is 1. The zero-order valence-corrected chi connectivity index (χ0v) is 21.0. The first-order valence-electron chi connectivity index (χ1n) is 13.1. The third-order valence-electron chi connectivity index (χ3n) is 7.19. The van der Waals surface area contributed by atoms with E-state index < -0.39 is 5.97 Å². The predicted molar refractivity (Wildman–Crippen MR) is 147 cm³/mol. The highest BCUT2D eigenvalue weighted by Gasteiger charge is 2.23. The molecule has 1 saturated heterocycles. The first-order valence-corrected chi connectivity index (χ1v) is 13.1. The summed E-state index contributed by atoms with van der Waals surface area (Å²) in [5.74, 6) is -0.869. The van der Waals surface area contributed by atoms with Crippen LogP contribution < -0.4 is 10.2 Å². The summed E-state index contributed by atoms with van der Waals surface area (Å²) < 4.78 is 0. The minimum Gasteiger partial charge on any atom is -0.481 e. The number of H-pyrrole nitrogens is 1. The Hall–Kier alpha value is -4.06. The minimum atomic E-state index is -0.818. The summed E-state index contributed by atoms with van der Waals surface area (Å²) >= 11 is 0. The van der Waals surface area contributed by atoms with Crippen LogP contribution in [0.5, 0.6) is 0 Å². The van der Waals surface area contributed by atoms with Crippen molar-refractivity contribution < 1.29 is 14.7 Å². The quantitative estimate of drug-likeness (QED) is 0.281. The molecule has 0 bridgehead atoms. The van der Waals surface area contributed by atoms with Gasteiger partial charge in [0.05, 0.1) is 12.5 Å². The second-order valence-electron chi connectivity index (χ2n) is 9.78. The Bertz CT molecular complexity index is 1370. The molecule has 3 aromatic carbocycles. The van der Waals surface area contributed by atoms with E-state index in [1.165, 1.54) is 24.9 Å². The van der Waals surface area contributed by atoms with E-state index in [2.05, 4.69) is 45.5 Å². The van der Waals surface area contributed by atoms with Crippen molar-refractivity contribution >= 4 is 28.5 Å². The van der Waals surface area contributed by atoms with Gasteiger partial charge in [0.25, 0.3) is 0 Å². The molecule has 1 amide bonds. The van der Waals surface area contributed by atoms with E-state index in [4.69, 9.17) is 5.11 Å². The van der Waals surface area contributed by atoms with Gasteiger partial charge < -0.3 is 20.3 Å². The molecule has 3 N–H and O–H groups in total. The monoisotopic (exact) mass is 495 g/mol. The average Bonchev–Trinajstić information content (AvgIpc) is 3.34. The van der Waals surface area contributed by atoms with Crippen LogP contribution in [0.1, 0.15) is 54.0 Å². The molecular weight excluding hydrogens is 462 g/mol. The molecule has 0 aliphatic carbocycles. The highest BCUT2D eigenvalue weighted by atomic mass is 16.4. The van der Waals surface area contributed by atoms with Crippen molar-refractivity contribution in [1.82, 2.24) is 10.3 Å². The van der Waals surface area contributed by atoms with Gasteiger partial charge in [-0.3, -0.25) is 9.59 Å². The highest BCUT2D eigenvalue weighted by Crippen LogP contribution is 2.32. The average molecular weight is 496 g/mol. The van der Waals surface area contributed by atoms with Gasteiger partial charge in [-0.2, -0.15) is 0 Å². The molecule has 1 aliphatic heterocycles. The first kappa shape index (κ1) is 24.6. The Labute approximate surface area is 217 Å². The summed E-state index contributed by atoms with van der Waals surface area (Å²) in [6.45, 7) is 2.07. The van der Waals surface area contributed by atoms with Crippen molar-refractivity contribution in [2.45, 2.75) is 44.6 Å². The number of para-hydroxylation sites is 1. The summed E-state index contributed by atoms with van der Waals surface area (Å²) in [7, 11) is 0. The lowest BCUT2D eigenvalue weighted by atomic mass is 9.95. The van der Waals surface area contributed by atoms with Gasteiger partial charge in [-0.05, 0) is 60.6 Å². The number of nitrogens with zero attached hydrogens (tertiary/aromatic N) is 1. The second-order valence-corrected chi connectivity index (χ2v) is 9.78. The smallest absolute Gasteiger partial charge is 0.303 e. The summed E-state index contributed by atoms with van der Waals surface area (Å²) in [5.41, 5.74) is 6.16. The van der Waals surface area contributed by atoms with Crippen LogP contribution in [0, 0.1) is 0 Å². The van der Waals surface area contributed by atoms with Gasteiger partial charge in [0.15, 0.2) is 0 Å². The van der Waals surface area contributed by atoms with E-state index >= 15 is 0 Å². The van der Waals surface area contributed by atoms with Crippen molar-refractivity contribution in [2.24, 2.45) is 0 Å². The molecule has 1 atom stereocenters. The number of aliphatic carboxylic acids is 1. The van der Waals surface area contributed by atoms with Gasteiger partial charge >= 0.3 is 5.97 Å². The van der Waals surface area contributed by atoms with E-state index in [0.29, 0.717) is 6.42 Å². The predicted octanol–water partition coefficient (Wildman–Crippen LogP) is 5.62. The molecule has 1 fully saturated rings. The second kappa shape index (κ2) is 11.3. The van der Waals surface area contributed by atoms with Gasteiger partial charge in [-0.15, -0.1) is 0 Å². The minimum absolute atomic E-state index is 0.0516. The van der Waals surface area contributed by atoms with Gasteiger partial charge in [0.1, 0.15) is 0 Å². The van der Waals surface area contributed by atoms with Crippen LogP contribution in [0.25, 0.3) is 10.9 Å². The number of aromatic amines is 1. The van der Waals surface area contributed by atoms with E-state index in [0.717, 1.165) is 46.2 Å². The van der Waals surface area contributed by atoms with Crippen LogP contribution in [0.15, 0.2) is 79.0 Å². The van der Waals surface area contributed by atoms with Crippen LogP contribution >= 0.6 is 0 Å². The van der Waals surface area contributed by atoms with E-state index in [1.54, 1.807) is 0 Å². The molecule has 0 spiro atoms. The largest absolute Gasteiger partial charge is 0.481 e. The van der Waals surface area contributed by atoms with Crippen molar-refractivity contribution in [3.8, 4) is 0 Å². The van der Waals surface area contributed by atoms with E-state index in [9.17, 15) is 9.59 Å². The Morgan fingerprint density at radius 1 is 0.946 bits per heavy atom. The van der Waals surface area contributed by atoms with Crippen LogP contribution in [0.2, 0.25) is 0 Å². The summed E-state index contributed by atoms with van der Waals surface area (Å²) in [6.07, 6.45) is 6.27. The number of anilines is 1. The van der Waals surface area contributed by atoms with Gasteiger partial charge in [-0.1, -0.05) is 54.6 Å². The number of carbonyl (C=O) groups excluding carboxylic acids is 1. The highest BCUT2D eigenvalue weighted by molar-refractivity contribution is 5.86. The number of carboxylic acids is 1. The summed E-state index contributed by atoms with van der Waals surface area (Å²) in [6, 6.07) is 24.2. The van der Waals surface area contributed by atoms with E-state index in [1.807, 2.05) is 48.7 Å². The molecule has 1 aliphatic rings. The molecule has 2 heterocycles. The number of amides is 1. The molecule has 190 valence electrons. The van der Waals surface area contributed by atoms with Gasteiger partial charge in [-0.25, -0.2) is 0 Å². The number of rotatable bonds is 9. The Balaban J connectivity index is 1.40. The summed E-state index contributed by atoms with van der Waals surface area (Å²) in [4.78, 5) is 30.1. The van der Waals surface area contributed by atoms with Gasteiger partial charge in [0.2, 0.25) is 5.91 Å². The maximum atomic E-state index is 13.4. The standard InChI is InChI=1S/C31H33N3O3/c35-29(20-22-13-15-27-26(19-22)24(21-32-27)14-16-30(36)37)33-31(23-9-3-1-4-10-23)25-11-5-6-12-28(25)34-17-7-2-8-18-34/h1,3-6,9-13,15,19,21,31-32H,2,7-8,14,16-18,20H2,(H,33,35)(H,36,37). The van der Waals surface area contributed by atoms with Gasteiger partial charge in [0, 0.05) is 47.9 Å². The lowest BCUT2D eigenvalue weighted by molar-refractivity contribution is -0.137. The lowest BCUT2D eigenvalue weighted by Gasteiger charge is -2.33. The molecule has 37 heavy (non-hydrogen) atoms. The fraction of sp³-hybridized carbons (Fsp3) is 0.290. The summed E-state index contributed by atoms with van der Waals surface area (Å²) in [5, 5.41) is 13.4. The molecule has 1 aromatic heterocycles. The number of carbonyl (C=O) groups is 2. The number of hydrogen-bond acceptors (Lipinski definition) is 3. The van der Waals surface area contributed by atoms with Crippen LogP contribution in [0.4, 0.5) is 5.69 Å². The number of aromatic nitrogens is 1. The zero-order valence-electron chi connectivity index (χ0n) is 21.0. The number of nitrogens with one attached hydrogen (secondary N) is 2. The fourth-order valence-corrected chi connectivity index (χ4v) is 5.32. The number of benzene rings is 3. The Morgan fingerprint density at radius 3 is 2.49 bits per heavy atom. The Morgan fingerprint density at radius 2 is 1.70 bits per heavy atom. The topological polar surface area (TPSA) is 85.4 Å². The van der Waals surface area contributed by atoms with E-state index in [-0.39, 0.29) is 24.8 Å². The van der Waals surface area contributed by atoms with Crippen molar-refractivity contribution in [3.63, 3.8) is 0 Å². The first-order chi connectivity index (χ1) is 18.1. The Kier molecular flexibility index (Phi) is 7.54. The fourth-order valence-electron chi connectivity index (χ4n) is 5.32. The normalized spacial score (nSPS) is 14.4. The number of hydrogen-bond donors (Lipinski definition) is 3. The van der Waals surface area contributed by atoms with Crippen LogP contribution in [0.3, 0.4) is 0 Å². The third kappa shape index (κ3) is 5.85. The number of fused-ring (bicyclic) bond motifs is 1. The third-order valence-corrected chi connectivity index (χ3v) is 7.19. The zero-order chi connectivity index (χ0) is 25.6. The van der Waals surface area contributed by atoms with Crippen molar-refractivity contribution in [1.29, 1.82) is 0 Å². The molecule has 6 nitrogen and oxygen atoms in total. The molecule has 0 saturated carbocycles. The molecule has 4 aromatic rings. The van der Waals surface area contributed by atoms with Crippen LogP contribution in [-0.4, -0.2) is 35.1 Å². The molecular formula is C31H33N3O3. The number of piperidine rings is 1. The van der Waals surface area contributed by atoms with Crippen molar-refractivity contribution in [3.05, 3.63) is 101 Å². The lowest BCUT2D eigenvalue weighted by Crippen LogP contribution is -2.34. The maximum Gasteiger partial charge on any atom is 0.303 e. The molecule has 0 radical (unpaired) electrons. The SMILES string of the molecule is O=C(O)CCc1c[nH]c2ccc(CC(=O)NC(c3ccccc3)c3ccccc3N3CCCCC3)cc12. The van der Waals surface area contributed by atoms with Crippen LogP contribution in [-0.2, 0) is 22.4 Å².